The van der Waals surface area contributed by atoms with Crippen LogP contribution in [0.15, 0.2) is 76.4 Å². The van der Waals surface area contributed by atoms with Crippen LogP contribution < -0.4 is 14.4 Å². The maximum absolute atomic E-state index is 13.9. The molecule has 0 saturated carbocycles. The Labute approximate surface area is 241 Å². The van der Waals surface area contributed by atoms with Gasteiger partial charge in [-0.2, -0.15) is 0 Å². The van der Waals surface area contributed by atoms with Crippen LogP contribution in [0, 0.1) is 0 Å². The van der Waals surface area contributed by atoms with Crippen molar-refractivity contribution in [2.75, 3.05) is 18.6 Å². The van der Waals surface area contributed by atoms with Gasteiger partial charge in [0.05, 0.1) is 45.6 Å². The predicted molar refractivity (Wildman–Crippen MR) is 154 cm³/mol. The Bertz CT molecular complexity index is 1860. The van der Waals surface area contributed by atoms with Crippen LogP contribution in [0.5, 0.6) is 11.5 Å². The minimum absolute atomic E-state index is 0.0635. The summed E-state index contributed by atoms with van der Waals surface area (Å²) in [5.74, 6) is -1.11. The molecule has 6 rings (SSSR count). The standard InChI is InChI=1S/C29H20Cl2N2O6S/c1-3-38-16-8-10-19-22(13-16)40-29(32-19)33-24(14-7-9-17(30)18(31)11-14)23(26(35)28(33)36)25(34)21-12-15-5-4-6-20(37-2)27(15)39-21/h4-13,24,35H,3H2,1-2H3. The summed E-state index contributed by atoms with van der Waals surface area (Å²) in [4.78, 5) is 33.5. The van der Waals surface area contributed by atoms with E-state index >= 15 is 0 Å². The van der Waals surface area contributed by atoms with E-state index in [9.17, 15) is 14.7 Å². The van der Waals surface area contributed by atoms with E-state index in [0.717, 1.165) is 4.70 Å². The highest BCUT2D eigenvalue weighted by Crippen LogP contribution is 2.46. The first-order valence-corrected chi connectivity index (χ1v) is 13.7. The number of ketones is 1. The van der Waals surface area contributed by atoms with E-state index in [1.165, 1.54) is 23.3 Å². The number of aliphatic hydroxyl groups is 1. The number of aliphatic hydroxyl groups excluding tert-OH is 1. The molecular weight excluding hydrogens is 575 g/mol. The van der Waals surface area contributed by atoms with Gasteiger partial charge in [0, 0.05) is 5.39 Å². The van der Waals surface area contributed by atoms with Crippen LogP contribution in [0.3, 0.4) is 0 Å². The number of thiazole rings is 1. The number of rotatable bonds is 7. The first-order chi connectivity index (χ1) is 19.3. The summed E-state index contributed by atoms with van der Waals surface area (Å²) in [5, 5.41) is 12.6. The zero-order valence-electron chi connectivity index (χ0n) is 21.1. The highest BCUT2D eigenvalue weighted by atomic mass is 35.5. The van der Waals surface area contributed by atoms with Crippen LogP contribution in [0.25, 0.3) is 21.2 Å². The van der Waals surface area contributed by atoms with Crippen molar-refractivity contribution in [2.45, 2.75) is 13.0 Å². The fraction of sp³-hybridized carbons (Fsp3) is 0.138. The van der Waals surface area contributed by atoms with E-state index < -0.39 is 23.5 Å². The van der Waals surface area contributed by atoms with Gasteiger partial charge < -0.3 is 19.0 Å². The fourth-order valence-corrected chi connectivity index (χ4v) is 6.05. The van der Waals surface area contributed by atoms with Crippen molar-refractivity contribution in [1.82, 2.24) is 4.98 Å². The number of halogens is 2. The van der Waals surface area contributed by atoms with E-state index in [1.54, 1.807) is 54.6 Å². The molecule has 0 aliphatic carbocycles. The Morgan fingerprint density at radius 2 is 1.95 bits per heavy atom. The number of Topliss-reactive ketones (excluding diaryl/α,β-unsaturated/α-hetero) is 1. The van der Waals surface area contributed by atoms with E-state index in [2.05, 4.69) is 4.98 Å². The number of nitrogens with zero attached hydrogens (tertiary/aromatic N) is 2. The number of para-hydroxylation sites is 1. The minimum Gasteiger partial charge on any atom is -0.503 e. The van der Waals surface area contributed by atoms with Crippen LogP contribution in [-0.2, 0) is 4.79 Å². The van der Waals surface area contributed by atoms with Gasteiger partial charge in [-0.05, 0) is 55.0 Å². The molecule has 202 valence electrons. The van der Waals surface area contributed by atoms with Crippen LogP contribution in [0.2, 0.25) is 10.0 Å². The number of benzene rings is 3. The van der Waals surface area contributed by atoms with Gasteiger partial charge in [0.15, 0.2) is 28.0 Å². The number of carbonyl (C=O) groups excluding carboxylic acids is 2. The molecule has 0 spiro atoms. The molecule has 2 aromatic heterocycles. The lowest BCUT2D eigenvalue weighted by molar-refractivity contribution is -0.117. The Morgan fingerprint density at radius 1 is 1.12 bits per heavy atom. The second-order valence-electron chi connectivity index (χ2n) is 8.89. The second kappa shape index (κ2) is 10.2. The summed E-state index contributed by atoms with van der Waals surface area (Å²) >= 11 is 13.7. The molecule has 40 heavy (non-hydrogen) atoms. The number of hydrogen-bond donors (Lipinski definition) is 1. The molecule has 1 aliphatic rings. The average molecular weight is 595 g/mol. The maximum Gasteiger partial charge on any atom is 0.296 e. The molecule has 1 unspecified atom stereocenters. The highest BCUT2D eigenvalue weighted by molar-refractivity contribution is 7.22. The number of furan rings is 1. The number of fused-ring (bicyclic) bond motifs is 2. The minimum atomic E-state index is -1.06. The Kier molecular flexibility index (Phi) is 6.66. The van der Waals surface area contributed by atoms with Crippen molar-refractivity contribution < 1.29 is 28.6 Å². The average Bonchev–Trinajstić information content (AvgIpc) is 3.64. The molecule has 1 amide bonds. The maximum atomic E-state index is 13.9. The van der Waals surface area contributed by atoms with Gasteiger partial charge in [0.2, 0.25) is 5.78 Å². The predicted octanol–water partition coefficient (Wildman–Crippen LogP) is 7.54. The summed E-state index contributed by atoms with van der Waals surface area (Å²) in [6.45, 7) is 2.39. The first kappa shape index (κ1) is 26.2. The lowest BCUT2D eigenvalue weighted by Crippen LogP contribution is -2.31. The van der Waals surface area contributed by atoms with Gasteiger partial charge in [-0.3, -0.25) is 14.5 Å². The SMILES string of the molecule is CCOc1ccc2nc(N3C(=O)C(O)=C(C(=O)c4cc5cccc(OC)c5o4)C3c3ccc(Cl)c(Cl)c3)sc2c1. The molecule has 11 heteroatoms. The normalized spacial score (nSPS) is 15.4. The lowest BCUT2D eigenvalue weighted by Gasteiger charge is -2.24. The van der Waals surface area contributed by atoms with Gasteiger partial charge in [0.25, 0.3) is 5.91 Å². The molecule has 1 atom stereocenters. The third-order valence-electron chi connectivity index (χ3n) is 6.53. The van der Waals surface area contributed by atoms with Gasteiger partial charge in [-0.15, -0.1) is 0 Å². The molecule has 0 radical (unpaired) electrons. The molecule has 1 N–H and O–H groups in total. The highest BCUT2D eigenvalue weighted by Gasteiger charge is 2.46. The van der Waals surface area contributed by atoms with Crippen molar-refractivity contribution >= 4 is 72.5 Å². The van der Waals surface area contributed by atoms with E-state index in [0.29, 0.717) is 45.2 Å². The van der Waals surface area contributed by atoms with Gasteiger partial charge >= 0.3 is 0 Å². The summed E-state index contributed by atoms with van der Waals surface area (Å²) in [6.07, 6.45) is 0. The topological polar surface area (TPSA) is 102 Å². The number of aromatic nitrogens is 1. The quantitative estimate of drug-likeness (QED) is 0.194. The monoisotopic (exact) mass is 594 g/mol. The number of hydrogen-bond acceptors (Lipinski definition) is 8. The molecule has 1 aliphatic heterocycles. The number of anilines is 1. The Balaban J connectivity index is 1.50. The Hall–Kier alpha value is -4.05. The zero-order chi connectivity index (χ0) is 28.1. The van der Waals surface area contributed by atoms with Crippen molar-refractivity contribution in [3.8, 4) is 11.5 Å². The van der Waals surface area contributed by atoms with Crippen LogP contribution >= 0.6 is 34.5 Å². The second-order valence-corrected chi connectivity index (χ2v) is 10.7. The largest absolute Gasteiger partial charge is 0.503 e. The fourth-order valence-electron chi connectivity index (χ4n) is 4.73. The summed E-state index contributed by atoms with van der Waals surface area (Å²) in [6, 6.07) is 15.9. The van der Waals surface area contributed by atoms with Gasteiger partial charge in [-0.25, -0.2) is 4.98 Å². The third-order valence-corrected chi connectivity index (χ3v) is 8.29. The van der Waals surface area contributed by atoms with Crippen LogP contribution in [0.4, 0.5) is 5.13 Å². The number of methoxy groups -OCH3 is 1. The van der Waals surface area contributed by atoms with Crippen molar-refractivity contribution in [1.29, 1.82) is 0 Å². The summed E-state index contributed by atoms with van der Waals surface area (Å²) in [7, 11) is 1.50. The van der Waals surface area contributed by atoms with Crippen LogP contribution in [0.1, 0.15) is 29.1 Å². The zero-order valence-corrected chi connectivity index (χ0v) is 23.4. The molecule has 3 aromatic carbocycles. The van der Waals surface area contributed by atoms with E-state index in [4.69, 9.17) is 37.1 Å². The lowest BCUT2D eigenvalue weighted by atomic mass is 9.95. The third kappa shape index (κ3) is 4.27. The molecule has 5 aromatic rings. The molecular formula is C29H20Cl2N2O6S. The molecule has 3 heterocycles. The number of ether oxygens (including phenoxy) is 2. The van der Waals surface area contributed by atoms with E-state index in [-0.39, 0.29) is 21.5 Å². The van der Waals surface area contributed by atoms with Crippen molar-refractivity contribution in [2.24, 2.45) is 0 Å². The van der Waals surface area contributed by atoms with Crippen molar-refractivity contribution in [3.63, 3.8) is 0 Å². The molecule has 0 saturated heterocycles. The number of carbonyl (C=O) groups is 2. The Morgan fingerprint density at radius 3 is 2.70 bits per heavy atom. The van der Waals surface area contributed by atoms with Crippen molar-refractivity contribution in [3.05, 3.63) is 93.4 Å². The van der Waals surface area contributed by atoms with Gasteiger partial charge in [0.1, 0.15) is 5.75 Å². The molecule has 0 bridgehead atoms. The molecule has 8 nitrogen and oxygen atoms in total. The van der Waals surface area contributed by atoms with Gasteiger partial charge in [-0.1, -0.05) is 52.7 Å². The summed E-state index contributed by atoms with van der Waals surface area (Å²) < 4.78 is 17.6. The first-order valence-electron chi connectivity index (χ1n) is 12.2. The smallest absolute Gasteiger partial charge is 0.296 e. The van der Waals surface area contributed by atoms with E-state index in [1.807, 2.05) is 13.0 Å². The summed E-state index contributed by atoms with van der Waals surface area (Å²) in [5.41, 5.74) is 1.29. The number of amides is 1. The van der Waals surface area contributed by atoms with Crippen LogP contribution in [-0.4, -0.2) is 35.5 Å². The molecule has 0 fully saturated rings.